The number of guanidine groups is 1. The van der Waals surface area contributed by atoms with Crippen molar-refractivity contribution in [1.29, 1.82) is 0 Å². The number of ether oxygens (including phenoxy) is 1. The topological polar surface area (TPSA) is 66.4 Å². The third-order valence-corrected chi connectivity index (χ3v) is 3.95. The summed E-state index contributed by atoms with van der Waals surface area (Å²) in [6.07, 6.45) is 0. The molecule has 4 rings (SSSR count). The summed E-state index contributed by atoms with van der Waals surface area (Å²) < 4.78 is 5.39. The van der Waals surface area contributed by atoms with Gasteiger partial charge in [-0.1, -0.05) is 0 Å². The molecule has 1 fully saturated rings. The van der Waals surface area contributed by atoms with Crippen LogP contribution in [0, 0.1) is 0 Å². The number of morpholine rings is 1. The second kappa shape index (κ2) is 5.65. The molecular formula is C14H18BrN5O. The van der Waals surface area contributed by atoms with Crippen LogP contribution in [0.25, 0.3) is 0 Å². The molecule has 0 aliphatic carbocycles. The van der Waals surface area contributed by atoms with E-state index in [4.69, 9.17) is 10.5 Å². The van der Waals surface area contributed by atoms with Crippen LogP contribution in [0.4, 0.5) is 11.4 Å². The van der Waals surface area contributed by atoms with Crippen molar-refractivity contribution in [3.63, 3.8) is 0 Å². The first-order valence-electron chi connectivity index (χ1n) is 6.96. The highest BCUT2D eigenvalue weighted by Gasteiger charge is 2.28. The number of rotatable bonds is 1. The van der Waals surface area contributed by atoms with Gasteiger partial charge in [0.25, 0.3) is 0 Å². The minimum atomic E-state index is 0. The van der Waals surface area contributed by atoms with Crippen molar-refractivity contribution in [3.05, 3.63) is 23.8 Å². The lowest BCUT2D eigenvalue weighted by molar-refractivity contribution is 0.122. The van der Waals surface area contributed by atoms with Crippen molar-refractivity contribution in [2.75, 3.05) is 44.3 Å². The fourth-order valence-electron chi connectivity index (χ4n) is 2.90. The Labute approximate surface area is 134 Å². The Morgan fingerprint density at radius 1 is 1.14 bits per heavy atom. The molecule has 6 nitrogen and oxygen atoms in total. The van der Waals surface area contributed by atoms with Gasteiger partial charge in [-0.3, -0.25) is 9.89 Å². The van der Waals surface area contributed by atoms with Crippen molar-refractivity contribution in [2.24, 2.45) is 15.7 Å². The van der Waals surface area contributed by atoms with E-state index >= 15 is 0 Å². The quantitative estimate of drug-likeness (QED) is 0.823. The molecule has 0 amide bonds. The van der Waals surface area contributed by atoms with Gasteiger partial charge in [-0.15, -0.1) is 17.0 Å². The van der Waals surface area contributed by atoms with E-state index in [0.717, 1.165) is 56.5 Å². The van der Waals surface area contributed by atoms with Gasteiger partial charge < -0.3 is 15.4 Å². The maximum atomic E-state index is 6.02. The SMILES string of the molecule is Br.NC1=Nc2cc(N3CCOCC3)ccc2C2=NCCN12. The Bertz CT molecular complexity index is 609. The molecule has 0 bridgehead atoms. The molecule has 0 unspecified atom stereocenters. The van der Waals surface area contributed by atoms with Crippen LogP contribution in [0.15, 0.2) is 28.2 Å². The molecule has 3 heterocycles. The normalized spacial score (nSPS) is 20.2. The van der Waals surface area contributed by atoms with Crippen LogP contribution in [0.1, 0.15) is 5.56 Å². The minimum Gasteiger partial charge on any atom is -0.378 e. The number of benzene rings is 1. The van der Waals surface area contributed by atoms with Crippen LogP contribution in [0.3, 0.4) is 0 Å². The zero-order valence-electron chi connectivity index (χ0n) is 11.7. The average molecular weight is 352 g/mol. The van der Waals surface area contributed by atoms with Crippen molar-refractivity contribution in [1.82, 2.24) is 4.90 Å². The standard InChI is InChI=1S/C14H17N5O.BrH/c15-14-17-12-9-10(18-5-7-20-8-6-18)1-2-11(12)13-16-3-4-19(13)14;/h1-2,9H,3-8H2,(H2,15,17);1H. The molecule has 3 aliphatic rings. The molecule has 0 atom stereocenters. The van der Waals surface area contributed by atoms with Crippen LogP contribution in [-0.4, -0.2) is 56.1 Å². The van der Waals surface area contributed by atoms with Gasteiger partial charge in [0, 0.05) is 30.9 Å². The summed E-state index contributed by atoms with van der Waals surface area (Å²) in [5, 5.41) is 0. The van der Waals surface area contributed by atoms with Crippen molar-refractivity contribution < 1.29 is 4.74 Å². The molecule has 0 aromatic heterocycles. The van der Waals surface area contributed by atoms with Gasteiger partial charge in [-0.2, -0.15) is 0 Å². The van der Waals surface area contributed by atoms with Gasteiger partial charge in [0.15, 0.2) is 0 Å². The molecule has 1 saturated heterocycles. The monoisotopic (exact) mass is 351 g/mol. The lowest BCUT2D eigenvalue weighted by Crippen LogP contribution is -2.42. The summed E-state index contributed by atoms with van der Waals surface area (Å²) in [6.45, 7) is 5.02. The number of hydrogen-bond donors (Lipinski definition) is 1. The predicted molar refractivity (Wildman–Crippen MR) is 89.2 cm³/mol. The zero-order valence-corrected chi connectivity index (χ0v) is 13.4. The first-order valence-corrected chi connectivity index (χ1v) is 6.96. The van der Waals surface area contributed by atoms with E-state index in [9.17, 15) is 0 Å². The van der Waals surface area contributed by atoms with E-state index in [-0.39, 0.29) is 17.0 Å². The Kier molecular flexibility index (Phi) is 3.86. The maximum Gasteiger partial charge on any atom is 0.202 e. The fraction of sp³-hybridized carbons (Fsp3) is 0.429. The molecule has 2 N–H and O–H groups in total. The molecule has 0 spiro atoms. The van der Waals surface area contributed by atoms with E-state index in [1.165, 1.54) is 5.69 Å². The summed E-state index contributed by atoms with van der Waals surface area (Å²) in [6, 6.07) is 6.35. The van der Waals surface area contributed by atoms with Crippen LogP contribution < -0.4 is 10.6 Å². The number of anilines is 1. The molecule has 7 heteroatoms. The molecule has 21 heavy (non-hydrogen) atoms. The largest absolute Gasteiger partial charge is 0.378 e. The zero-order chi connectivity index (χ0) is 13.5. The highest BCUT2D eigenvalue weighted by Crippen LogP contribution is 2.32. The van der Waals surface area contributed by atoms with Gasteiger partial charge in [-0.25, -0.2) is 4.99 Å². The third kappa shape index (κ3) is 2.40. The molecule has 0 radical (unpaired) electrons. The van der Waals surface area contributed by atoms with Gasteiger partial charge in [0.1, 0.15) is 5.84 Å². The number of aliphatic imine (C=N–C) groups is 2. The molecule has 3 aliphatic heterocycles. The summed E-state index contributed by atoms with van der Waals surface area (Å²) in [5.74, 6) is 1.51. The van der Waals surface area contributed by atoms with Gasteiger partial charge in [0.2, 0.25) is 5.96 Å². The van der Waals surface area contributed by atoms with E-state index in [2.05, 4.69) is 33.1 Å². The number of amidine groups is 1. The first-order chi connectivity index (χ1) is 9.83. The van der Waals surface area contributed by atoms with E-state index in [1.807, 2.05) is 4.90 Å². The van der Waals surface area contributed by atoms with E-state index in [1.54, 1.807) is 0 Å². The summed E-state index contributed by atoms with van der Waals surface area (Å²) in [7, 11) is 0. The van der Waals surface area contributed by atoms with Crippen molar-refractivity contribution in [3.8, 4) is 0 Å². The van der Waals surface area contributed by atoms with Crippen LogP contribution in [0.2, 0.25) is 0 Å². The van der Waals surface area contributed by atoms with Crippen molar-refractivity contribution >= 4 is 40.2 Å². The van der Waals surface area contributed by atoms with Crippen LogP contribution in [0.5, 0.6) is 0 Å². The third-order valence-electron chi connectivity index (χ3n) is 3.95. The highest BCUT2D eigenvalue weighted by molar-refractivity contribution is 8.93. The average Bonchev–Trinajstić information content (AvgIpc) is 2.98. The maximum absolute atomic E-state index is 6.02. The summed E-state index contributed by atoms with van der Waals surface area (Å²) in [5.41, 5.74) is 9.20. The van der Waals surface area contributed by atoms with Gasteiger partial charge in [0.05, 0.1) is 25.4 Å². The molecule has 0 saturated carbocycles. The Morgan fingerprint density at radius 3 is 2.76 bits per heavy atom. The van der Waals surface area contributed by atoms with Crippen LogP contribution in [-0.2, 0) is 4.74 Å². The second-order valence-electron chi connectivity index (χ2n) is 5.13. The Morgan fingerprint density at radius 2 is 1.95 bits per heavy atom. The van der Waals surface area contributed by atoms with Crippen LogP contribution >= 0.6 is 17.0 Å². The van der Waals surface area contributed by atoms with Crippen molar-refractivity contribution in [2.45, 2.75) is 0 Å². The number of nitrogens with two attached hydrogens (primary N) is 1. The number of halogens is 1. The van der Waals surface area contributed by atoms with Gasteiger partial charge >= 0.3 is 0 Å². The molecule has 1 aromatic rings. The lowest BCUT2D eigenvalue weighted by atomic mass is 10.1. The number of nitrogens with zero attached hydrogens (tertiary/aromatic N) is 4. The second-order valence-corrected chi connectivity index (χ2v) is 5.13. The fourth-order valence-corrected chi connectivity index (χ4v) is 2.90. The number of hydrogen-bond acceptors (Lipinski definition) is 6. The molecule has 1 aromatic carbocycles. The Hall–Kier alpha value is -1.60. The smallest absolute Gasteiger partial charge is 0.202 e. The summed E-state index contributed by atoms with van der Waals surface area (Å²) in [4.78, 5) is 13.4. The lowest BCUT2D eigenvalue weighted by Gasteiger charge is -2.30. The minimum absolute atomic E-state index is 0. The summed E-state index contributed by atoms with van der Waals surface area (Å²) >= 11 is 0. The highest BCUT2D eigenvalue weighted by atomic mass is 79.9. The van der Waals surface area contributed by atoms with E-state index in [0.29, 0.717) is 5.96 Å². The predicted octanol–water partition coefficient (Wildman–Crippen LogP) is 1.12. The molecular weight excluding hydrogens is 334 g/mol. The number of fused-ring (bicyclic) bond motifs is 3. The first kappa shape index (κ1) is 14.3. The molecule has 112 valence electrons. The van der Waals surface area contributed by atoms with Gasteiger partial charge in [-0.05, 0) is 18.2 Å². The van der Waals surface area contributed by atoms with E-state index < -0.39 is 0 Å². The Balaban J connectivity index is 0.00000132.